The molecule has 1 aliphatic rings. The van der Waals surface area contributed by atoms with Crippen molar-refractivity contribution < 1.29 is 4.79 Å². The van der Waals surface area contributed by atoms with Gasteiger partial charge in [0.2, 0.25) is 5.91 Å². The van der Waals surface area contributed by atoms with Gasteiger partial charge in [-0.05, 0) is 57.0 Å². The summed E-state index contributed by atoms with van der Waals surface area (Å²) >= 11 is 4.38. The largest absolute Gasteiger partial charge is 0.343 e. The van der Waals surface area contributed by atoms with Crippen LogP contribution in [0, 0.1) is 5.41 Å². The molecule has 0 unspecified atom stereocenters. The predicted molar refractivity (Wildman–Crippen MR) is 84.8 cm³/mol. The lowest BCUT2D eigenvalue weighted by Gasteiger charge is -2.25. The number of thiol groups is 1. The molecule has 0 atom stereocenters. The molecule has 0 aliphatic heterocycles. The van der Waals surface area contributed by atoms with Crippen molar-refractivity contribution in [3.8, 4) is 0 Å². The molecule has 0 aromatic carbocycles. The molecule has 0 aromatic rings. The Morgan fingerprint density at radius 3 is 2.16 bits per heavy atom. The molecule has 0 bridgehead atoms. The summed E-state index contributed by atoms with van der Waals surface area (Å²) in [6, 6.07) is 0. The third-order valence-electron chi connectivity index (χ3n) is 4.35. The molecule has 1 aliphatic carbocycles. The van der Waals surface area contributed by atoms with E-state index in [2.05, 4.69) is 38.3 Å². The molecule has 0 radical (unpaired) electrons. The van der Waals surface area contributed by atoms with Crippen LogP contribution in [0.2, 0.25) is 0 Å². The summed E-state index contributed by atoms with van der Waals surface area (Å²) in [6.45, 7) is 11.5. The maximum atomic E-state index is 12.3. The van der Waals surface area contributed by atoms with Crippen molar-refractivity contribution in [1.82, 2.24) is 9.80 Å². The molecule has 0 N–H and O–H groups in total. The first kappa shape index (κ1) is 16.8. The van der Waals surface area contributed by atoms with E-state index in [1.165, 1.54) is 12.8 Å². The molecule has 112 valence electrons. The highest BCUT2D eigenvalue weighted by Gasteiger charge is 2.43. The van der Waals surface area contributed by atoms with Gasteiger partial charge >= 0.3 is 0 Å². The van der Waals surface area contributed by atoms with Crippen LogP contribution in [0.15, 0.2) is 0 Å². The van der Waals surface area contributed by atoms with Crippen molar-refractivity contribution >= 4 is 18.5 Å². The molecular formula is C15H30N2OS. The minimum atomic E-state index is 0.243. The second-order valence-corrected chi connectivity index (χ2v) is 6.00. The number of hydrogen-bond acceptors (Lipinski definition) is 3. The van der Waals surface area contributed by atoms with E-state index >= 15 is 0 Å². The highest BCUT2D eigenvalue weighted by Crippen LogP contribution is 2.49. The van der Waals surface area contributed by atoms with Gasteiger partial charge in [0.25, 0.3) is 0 Å². The van der Waals surface area contributed by atoms with Gasteiger partial charge in [0.15, 0.2) is 0 Å². The summed E-state index contributed by atoms with van der Waals surface area (Å²) in [7, 11) is 0. The summed E-state index contributed by atoms with van der Waals surface area (Å²) < 4.78 is 0. The van der Waals surface area contributed by atoms with E-state index in [1.807, 2.05) is 4.90 Å². The van der Waals surface area contributed by atoms with Crippen LogP contribution in [0.3, 0.4) is 0 Å². The summed E-state index contributed by atoms with van der Waals surface area (Å²) in [5.74, 6) is 1.18. The molecule has 19 heavy (non-hydrogen) atoms. The lowest BCUT2D eigenvalue weighted by atomic mass is 10.0. The average Bonchev–Trinajstić information content (AvgIpc) is 3.19. The van der Waals surface area contributed by atoms with Crippen LogP contribution < -0.4 is 0 Å². The van der Waals surface area contributed by atoms with Crippen molar-refractivity contribution in [3.63, 3.8) is 0 Å². The highest BCUT2D eigenvalue weighted by molar-refractivity contribution is 7.80. The Kier molecular flexibility index (Phi) is 7.22. The zero-order valence-corrected chi connectivity index (χ0v) is 13.7. The fourth-order valence-electron chi connectivity index (χ4n) is 2.48. The number of carbonyl (C=O) groups is 1. The molecule has 4 heteroatoms. The zero-order chi connectivity index (χ0) is 14.3. The Labute approximate surface area is 124 Å². The van der Waals surface area contributed by atoms with Gasteiger partial charge in [0.05, 0.1) is 0 Å². The maximum absolute atomic E-state index is 12.3. The average molecular weight is 286 g/mol. The Morgan fingerprint density at radius 2 is 1.74 bits per heavy atom. The number of amides is 1. The van der Waals surface area contributed by atoms with E-state index in [0.29, 0.717) is 12.3 Å². The lowest BCUT2D eigenvalue weighted by molar-refractivity contribution is -0.132. The third kappa shape index (κ3) is 5.35. The van der Waals surface area contributed by atoms with Crippen LogP contribution in [0.4, 0.5) is 0 Å². The van der Waals surface area contributed by atoms with E-state index in [9.17, 15) is 4.79 Å². The van der Waals surface area contributed by atoms with E-state index in [4.69, 9.17) is 0 Å². The van der Waals surface area contributed by atoms with Crippen LogP contribution in [-0.4, -0.2) is 54.2 Å². The summed E-state index contributed by atoms with van der Waals surface area (Å²) in [5, 5.41) is 0. The lowest BCUT2D eigenvalue weighted by Crippen LogP contribution is -2.35. The van der Waals surface area contributed by atoms with Gasteiger partial charge < -0.3 is 9.80 Å². The monoisotopic (exact) mass is 286 g/mol. The van der Waals surface area contributed by atoms with E-state index in [0.717, 1.165) is 44.9 Å². The summed E-state index contributed by atoms with van der Waals surface area (Å²) in [5.41, 5.74) is 0.243. The normalized spacial score (nSPS) is 16.7. The first-order valence-corrected chi connectivity index (χ1v) is 8.35. The molecule has 1 fully saturated rings. The Morgan fingerprint density at radius 1 is 1.11 bits per heavy atom. The topological polar surface area (TPSA) is 23.6 Å². The molecule has 3 nitrogen and oxygen atoms in total. The summed E-state index contributed by atoms with van der Waals surface area (Å²) in [4.78, 5) is 16.7. The van der Waals surface area contributed by atoms with Gasteiger partial charge in [-0.3, -0.25) is 4.79 Å². The Hall–Kier alpha value is -0.220. The molecule has 0 saturated heterocycles. The van der Waals surface area contributed by atoms with Crippen molar-refractivity contribution in [3.05, 3.63) is 0 Å². The van der Waals surface area contributed by atoms with Crippen molar-refractivity contribution in [2.45, 2.75) is 46.5 Å². The van der Waals surface area contributed by atoms with Gasteiger partial charge in [-0.1, -0.05) is 13.8 Å². The molecule has 1 amide bonds. The molecular weight excluding hydrogens is 256 g/mol. The van der Waals surface area contributed by atoms with Crippen LogP contribution in [0.5, 0.6) is 0 Å². The number of hydrogen-bond donors (Lipinski definition) is 1. The highest BCUT2D eigenvalue weighted by atomic mass is 32.1. The Balaban J connectivity index is 2.30. The van der Waals surface area contributed by atoms with Gasteiger partial charge in [-0.2, -0.15) is 12.6 Å². The van der Waals surface area contributed by atoms with Gasteiger partial charge in [0, 0.05) is 19.5 Å². The van der Waals surface area contributed by atoms with Crippen molar-refractivity contribution in [2.75, 3.05) is 38.5 Å². The Bertz CT molecular complexity index is 275. The van der Waals surface area contributed by atoms with Gasteiger partial charge in [0.1, 0.15) is 0 Å². The minimum absolute atomic E-state index is 0.243. The zero-order valence-electron chi connectivity index (χ0n) is 12.8. The fraction of sp³-hybridized carbons (Fsp3) is 0.933. The second-order valence-electron chi connectivity index (χ2n) is 5.69. The molecule has 1 rings (SSSR count). The van der Waals surface area contributed by atoms with Crippen LogP contribution in [-0.2, 0) is 4.79 Å². The van der Waals surface area contributed by atoms with E-state index in [1.54, 1.807) is 0 Å². The van der Waals surface area contributed by atoms with Crippen molar-refractivity contribution in [2.24, 2.45) is 5.41 Å². The first-order chi connectivity index (χ1) is 9.10. The van der Waals surface area contributed by atoms with Crippen LogP contribution in [0.25, 0.3) is 0 Å². The molecule has 0 heterocycles. The third-order valence-corrected chi connectivity index (χ3v) is 5.02. The minimum Gasteiger partial charge on any atom is -0.343 e. The second kappa shape index (κ2) is 8.15. The van der Waals surface area contributed by atoms with Gasteiger partial charge in [-0.25, -0.2) is 0 Å². The summed E-state index contributed by atoms with van der Waals surface area (Å²) in [6.07, 6.45) is 4.14. The molecule has 1 saturated carbocycles. The predicted octanol–water partition coefficient (Wildman–Crippen LogP) is 2.67. The molecule has 0 aromatic heterocycles. The fourth-order valence-corrected chi connectivity index (χ4v) is 2.91. The SMILES string of the molecule is CCN(CC)CCCN(CC)C(=O)CC1(CS)CC1. The first-order valence-electron chi connectivity index (χ1n) is 7.71. The van der Waals surface area contributed by atoms with Crippen LogP contribution in [0.1, 0.15) is 46.5 Å². The maximum Gasteiger partial charge on any atom is 0.223 e. The van der Waals surface area contributed by atoms with Crippen molar-refractivity contribution in [1.29, 1.82) is 0 Å². The quantitative estimate of drug-likeness (QED) is 0.624. The van der Waals surface area contributed by atoms with E-state index < -0.39 is 0 Å². The van der Waals surface area contributed by atoms with Gasteiger partial charge in [-0.15, -0.1) is 0 Å². The van der Waals surface area contributed by atoms with E-state index in [-0.39, 0.29) is 5.41 Å². The number of rotatable bonds is 10. The standard InChI is InChI=1S/C15H30N2OS/c1-4-16(5-2)10-7-11-17(6-3)14(18)12-15(13-19)8-9-15/h19H,4-13H2,1-3H3. The molecule has 0 spiro atoms. The number of nitrogens with zero attached hydrogens (tertiary/aromatic N) is 2. The smallest absolute Gasteiger partial charge is 0.223 e. The number of carbonyl (C=O) groups excluding carboxylic acids is 1. The van der Waals surface area contributed by atoms with Crippen LogP contribution >= 0.6 is 12.6 Å².